The van der Waals surface area contributed by atoms with Crippen molar-refractivity contribution in [3.8, 4) is 0 Å². The van der Waals surface area contributed by atoms with Crippen LogP contribution < -0.4 is 5.73 Å². The van der Waals surface area contributed by atoms with Gasteiger partial charge in [-0.15, -0.1) is 0 Å². The van der Waals surface area contributed by atoms with Crippen molar-refractivity contribution < 1.29 is 4.74 Å². The highest BCUT2D eigenvalue weighted by Gasteiger charge is 2.27. The van der Waals surface area contributed by atoms with Gasteiger partial charge in [-0.2, -0.15) is 0 Å². The topological polar surface area (TPSA) is 53.1 Å². The van der Waals surface area contributed by atoms with E-state index in [1.54, 1.807) is 0 Å². The van der Waals surface area contributed by atoms with E-state index < -0.39 is 0 Å². The summed E-state index contributed by atoms with van der Waals surface area (Å²) in [4.78, 5) is 4.80. The lowest BCUT2D eigenvalue weighted by Crippen LogP contribution is -2.31. The van der Waals surface area contributed by atoms with E-state index >= 15 is 0 Å². The molecule has 1 aromatic rings. The fourth-order valence-electron chi connectivity index (χ4n) is 3.09. The van der Waals surface area contributed by atoms with Crippen molar-refractivity contribution in [2.45, 2.75) is 51.1 Å². The van der Waals surface area contributed by atoms with Gasteiger partial charge in [0.25, 0.3) is 0 Å². The number of aryl methyl sites for hydroxylation is 1. The molecule has 1 saturated heterocycles. The molecule has 1 aromatic heterocycles. The Hall–Kier alpha value is -0.870. The molecule has 2 N–H and O–H groups in total. The summed E-state index contributed by atoms with van der Waals surface area (Å²) in [5, 5.41) is 0. The van der Waals surface area contributed by atoms with Crippen molar-refractivity contribution in [3.05, 3.63) is 17.2 Å². The Morgan fingerprint density at radius 1 is 1.29 bits per heavy atom. The van der Waals surface area contributed by atoms with Gasteiger partial charge in [-0.1, -0.05) is 0 Å². The zero-order chi connectivity index (χ0) is 11.8. The van der Waals surface area contributed by atoms with E-state index in [1.165, 1.54) is 11.4 Å². The van der Waals surface area contributed by atoms with Crippen LogP contribution in [-0.2, 0) is 17.7 Å². The van der Waals surface area contributed by atoms with E-state index in [-0.39, 0.29) is 0 Å². The van der Waals surface area contributed by atoms with E-state index in [2.05, 4.69) is 11.5 Å². The van der Waals surface area contributed by atoms with Crippen LogP contribution in [0.3, 0.4) is 0 Å². The average molecular weight is 235 g/mol. The Labute approximate surface area is 102 Å². The van der Waals surface area contributed by atoms with E-state index in [0.717, 1.165) is 51.3 Å². The molecular weight excluding hydrogens is 214 g/mol. The number of fused-ring (bicyclic) bond motifs is 1. The van der Waals surface area contributed by atoms with E-state index in [1.807, 2.05) is 0 Å². The molecule has 94 valence electrons. The van der Waals surface area contributed by atoms with Crippen molar-refractivity contribution >= 4 is 0 Å². The van der Waals surface area contributed by atoms with Gasteiger partial charge >= 0.3 is 0 Å². The second kappa shape index (κ2) is 4.42. The first-order chi connectivity index (χ1) is 8.25. The highest BCUT2D eigenvalue weighted by Crippen LogP contribution is 2.31. The molecule has 1 unspecified atom stereocenters. The van der Waals surface area contributed by atoms with Crippen LogP contribution in [0.4, 0.5) is 0 Å². The lowest BCUT2D eigenvalue weighted by molar-refractivity contribution is 0.0843. The Bertz CT molecular complexity index is 407. The van der Waals surface area contributed by atoms with Crippen molar-refractivity contribution in [2.24, 2.45) is 5.73 Å². The zero-order valence-corrected chi connectivity index (χ0v) is 10.5. The Morgan fingerprint density at radius 3 is 2.82 bits per heavy atom. The largest absolute Gasteiger partial charge is 0.381 e. The van der Waals surface area contributed by atoms with Crippen LogP contribution in [0.2, 0.25) is 0 Å². The average Bonchev–Trinajstić information content (AvgIpc) is 2.67. The van der Waals surface area contributed by atoms with E-state index in [9.17, 15) is 0 Å². The van der Waals surface area contributed by atoms with Crippen molar-refractivity contribution in [3.63, 3.8) is 0 Å². The third-order valence-electron chi connectivity index (χ3n) is 4.08. The minimum absolute atomic E-state index is 0.317. The molecule has 0 saturated carbocycles. The normalized spacial score (nSPS) is 25.9. The molecule has 3 heterocycles. The second-order valence-corrected chi connectivity index (χ2v) is 5.28. The Kier molecular flexibility index (Phi) is 2.92. The van der Waals surface area contributed by atoms with Gasteiger partial charge in [0.05, 0.1) is 5.69 Å². The molecule has 2 aliphatic heterocycles. The molecule has 2 aliphatic rings. The van der Waals surface area contributed by atoms with Crippen molar-refractivity contribution in [1.29, 1.82) is 0 Å². The molecule has 0 aromatic carbocycles. The van der Waals surface area contributed by atoms with Crippen LogP contribution in [0.15, 0.2) is 0 Å². The first kappa shape index (κ1) is 11.2. The quantitative estimate of drug-likeness (QED) is 0.799. The molecule has 0 radical (unpaired) electrons. The zero-order valence-electron chi connectivity index (χ0n) is 10.5. The maximum Gasteiger partial charge on any atom is 0.106 e. The number of hydrogen-bond acceptors (Lipinski definition) is 3. The number of aromatic nitrogens is 2. The number of nitrogens with two attached hydrogens (primary N) is 1. The molecule has 0 spiro atoms. The summed E-state index contributed by atoms with van der Waals surface area (Å²) in [5.74, 6) is 1.75. The first-order valence-corrected chi connectivity index (χ1v) is 6.65. The minimum atomic E-state index is 0.317. The van der Waals surface area contributed by atoms with Gasteiger partial charge in [-0.3, -0.25) is 0 Å². The second-order valence-electron chi connectivity index (χ2n) is 5.28. The van der Waals surface area contributed by atoms with Crippen molar-refractivity contribution in [2.75, 3.05) is 13.2 Å². The van der Waals surface area contributed by atoms with Gasteiger partial charge in [0.1, 0.15) is 5.82 Å². The van der Waals surface area contributed by atoms with Gasteiger partial charge in [0.15, 0.2) is 0 Å². The monoisotopic (exact) mass is 235 g/mol. The SMILES string of the molecule is Cc1nc(C2CCOCC2)c2n1CCC(N)C2. The number of rotatable bonds is 1. The van der Waals surface area contributed by atoms with Crippen molar-refractivity contribution in [1.82, 2.24) is 9.55 Å². The number of ether oxygens (including phenoxy) is 1. The molecule has 0 amide bonds. The third-order valence-corrected chi connectivity index (χ3v) is 4.08. The third kappa shape index (κ3) is 2.00. The molecule has 0 aliphatic carbocycles. The molecule has 3 rings (SSSR count). The van der Waals surface area contributed by atoms with Crippen LogP contribution in [0, 0.1) is 6.92 Å². The summed E-state index contributed by atoms with van der Waals surface area (Å²) in [6, 6.07) is 0.317. The lowest BCUT2D eigenvalue weighted by atomic mass is 9.92. The minimum Gasteiger partial charge on any atom is -0.381 e. The summed E-state index contributed by atoms with van der Waals surface area (Å²) in [6.45, 7) is 4.91. The van der Waals surface area contributed by atoms with Crippen LogP contribution in [0.1, 0.15) is 42.4 Å². The Morgan fingerprint density at radius 2 is 2.06 bits per heavy atom. The van der Waals surface area contributed by atoms with E-state index in [0.29, 0.717) is 12.0 Å². The molecular formula is C13H21N3O. The van der Waals surface area contributed by atoms with Gasteiger partial charge in [0, 0.05) is 43.8 Å². The number of hydrogen-bond donors (Lipinski definition) is 1. The maximum absolute atomic E-state index is 6.09. The molecule has 1 atom stereocenters. The summed E-state index contributed by atoms with van der Waals surface area (Å²) in [5.41, 5.74) is 8.79. The highest BCUT2D eigenvalue weighted by molar-refractivity contribution is 5.24. The predicted octanol–water partition coefficient (Wildman–Crippen LogP) is 1.36. The highest BCUT2D eigenvalue weighted by atomic mass is 16.5. The molecule has 4 nitrogen and oxygen atoms in total. The van der Waals surface area contributed by atoms with Gasteiger partial charge in [-0.25, -0.2) is 4.98 Å². The summed E-state index contributed by atoms with van der Waals surface area (Å²) >= 11 is 0. The molecule has 17 heavy (non-hydrogen) atoms. The van der Waals surface area contributed by atoms with E-state index in [4.69, 9.17) is 15.5 Å². The molecule has 1 fully saturated rings. The van der Waals surface area contributed by atoms with Gasteiger partial charge in [-0.05, 0) is 26.2 Å². The van der Waals surface area contributed by atoms with Crippen LogP contribution >= 0.6 is 0 Å². The van der Waals surface area contributed by atoms with Crippen LogP contribution in [0.25, 0.3) is 0 Å². The Balaban J connectivity index is 1.93. The number of imidazole rings is 1. The predicted molar refractivity (Wildman–Crippen MR) is 66.1 cm³/mol. The van der Waals surface area contributed by atoms with Crippen LogP contribution in [-0.4, -0.2) is 28.8 Å². The van der Waals surface area contributed by atoms with Gasteiger partial charge < -0.3 is 15.0 Å². The molecule has 0 bridgehead atoms. The smallest absolute Gasteiger partial charge is 0.106 e. The molecule has 4 heteroatoms. The maximum atomic E-state index is 6.09. The summed E-state index contributed by atoms with van der Waals surface area (Å²) in [7, 11) is 0. The fraction of sp³-hybridized carbons (Fsp3) is 0.769. The number of nitrogens with zero attached hydrogens (tertiary/aromatic N) is 2. The van der Waals surface area contributed by atoms with Crippen LogP contribution in [0.5, 0.6) is 0 Å². The van der Waals surface area contributed by atoms with Gasteiger partial charge in [0.2, 0.25) is 0 Å². The fourth-order valence-corrected chi connectivity index (χ4v) is 3.09. The summed E-state index contributed by atoms with van der Waals surface area (Å²) < 4.78 is 7.80. The first-order valence-electron chi connectivity index (χ1n) is 6.65. The lowest BCUT2D eigenvalue weighted by Gasteiger charge is -2.25. The summed E-state index contributed by atoms with van der Waals surface area (Å²) in [6.07, 6.45) is 4.29. The standard InChI is InChI=1S/C13H21N3O/c1-9-15-13(10-3-6-17-7-4-10)12-8-11(14)2-5-16(9)12/h10-11H,2-8,14H2,1H3.